The first kappa shape index (κ1) is 12.4. The minimum atomic E-state index is -3.67. The number of pyridine rings is 1. The van der Waals surface area contributed by atoms with Crippen molar-refractivity contribution in [2.45, 2.75) is 11.8 Å². The summed E-state index contributed by atoms with van der Waals surface area (Å²) >= 11 is 0. The molecule has 94 valence electrons. The van der Waals surface area contributed by atoms with Crippen molar-refractivity contribution in [3.8, 4) is 0 Å². The lowest BCUT2D eigenvalue weighted by Crippen LogP contribution is -2.15. The molecule has 0 spiro atoms. The third-order valence-electron chi connectivity index (χ3n) is 2.34. The standard InChI is InChI=1S/C12H12N2O3S/c1-9-3-2-4-10(7-9)14-18(16,17)11-5-6-12(15)13-8-11/h2-8,14H,1H3,(H,13,15). The molecule has 0 saturated heterocycles. The number of aryl methyl sites for hydroxylation is 1. The second-order valence-corrected chi connectivity index (χ2v) is 5.55. The molecule has 0 aliphatic rings. The first-order valence-electron chi connectivity index (χ1n) is 5.26. The van der Waals surface area contributed by atoms with Crippen molar-refractivity contribution in [1.82, 2.24) is 4.98 Å². The van der Waals surface area contributed by atoms with Crippen LogP contribution in [0.25, 0.3) is 0 Å². The molecule has 0 aliphatic heterocycles. The molecule has 1 heterocycles. The van der Waals surface area contributed by atoms with Crippen molar-refractivity contribution in [1.29, 1.82) is 0 Å². The predicted octanol–water partition coefficient (Wildman–Crippen LogP) is 1.48. The summed E-state index contributed by atoms with van der Waals surface area (Å²) in [6.07, 6.45) is 1.17. The van der Waals surface area contributed by atoms with Crippen LogP contribution in [0.2, 0.25) is 0 Å². The van der Waals surface area contributed by atoms with Gasteiger partial charge in [-0.15, -0.1) is 0 Å². The van der Waals surface area contributed by atoms with E-state index in [0.717, 1.165) is 5.56 Å². The van der Waals surface area contributed by atoms with E-state index in [-0.39, 0.29) is 10.5 Å². The van der Waals surface area contributed by atoms with Crippen LogP contribution in [-0.4, -0.2) is 13.4 Å². The zero-order valence-corrected chi connectivity index (χ0v) is 10.5. The normalized spacial score (nSPS) is 11.2. The van der Waals surface area contributed by atoms with Crippen molar-refractivity contribution in [2.24, 2.45) is 0 Å². The predicted molar refractivity (Wildman–Crippen MR) is 69.1 cm³/mol. The number of aromatic nitrogens is 1. The molecule has 0 amide bonds. The third kappa shape index (κ3) is 2.78. The summed E-state index contributed by atoms with van der Waals surface area (Å²) in [6, 6.07) is 9.46. The van der Waals surface area contributed by atoms with Gasteiger partial charge in [0.2, 0.25) is 5.56 Å². The SMILES string of the molecule is Cc1cccc(NS(=O)(=O)c2ccc(=O)[nH]c2)c1. The van der Waals surface area contributed by atoms with Crippen LogP contribution in [0, 0.1) is 6.92 Å². The smallest absolute Gasteiger partial charge is 0.263 e. The van der Waals surface area contributed by atoms with Gasteiger partial charge in [0, 0.05) is 18.0 Å². The molecule has 2 aromatic rings. The van der Waals surface area contributed by atoms with E-state index in [2.05, 4.69) is 9.71 Å². The highest BCUT2D eigenvalue weighted by Crippen LogP contribution is 2.15. The fourth-order valence-electron chi connectivity index (χ4n) is 1.49. The number of benzene rings is 1. The highest BCUT2D eigenvalue weighted by atomic mass is 32.2. The van der Waals surface area contributed by atoms with Crippen LogP contribution in [0.5, 0.6) is 0 Å². The van der Waals surface area contributed by atoms with E-state index >= 15 is 0 Å². The van der Waals surface area contributed by atoms with E-state index in [1.54, 1.807) is 18.2 Å². The van der Waals surface area contributed by atoms with Gasteiger partial charge in [0.15, 0.2) is 0 Å². The first-order chi connectivity index (χ1) is 8.47. The molecule has 5 nitrogen and oxygen atoms in total. The summed E-state index contributed by atoms with van der Waals surface area (Å²) < 4.78 is 26.4. The lowest BCUT2D eigenvalue weighted by Gasteiger charge is -2.08. The van der Waals surface area contributed by atoms with E-state index in [4.69, 9.17) is 0 Å². The van der Waals surface area contributed by atoms with Crippen LogP contribution in [0.1, 0.15) is 5.56 Å². The lowest BCUT2D eigenvalue weighted by atomic mass is 10.2. The summed E-state index contributed by atoms with van der Waals surface area (Å²) in [5.41, 5.74) is 1.10. The van der Waals surface area contributed by atoms with Gasteiger partial charge in [-0.1, -0.05) is 12.1 Å². The van der Waals surface area contributed by atoms with Gasteiger partial charge in [-0.05, 0) is 30.7 Å². The number of hydrogen-bond acceptors (Lipinski definition) is 3. The molecule has 2 rings (SSSR count). The molecule has 0 radical (unpaired) electrons. The molecule has 2 N–H and O–H groups in total. The highest BCUT2D eigenvalue weighted by Gasteiger charge is 2.13. The van der Waals surface area contributed by atoms with Crippen molar-refractivity contribution >= 4 is 15.7 Å². The van der Waals surface area contributed by atoms with Crippen molar-refractivity contribution < 1.29 is 8.42 Å². The van der Waals surface area contributed by atoms with E-state index < -0.39 is 10.0 Å². The van der Waals surface area contributed by atoms with Gasteiger partial charge in [-0.25, -0.2) is 8.42 Å². The molecule has 0 saturated carbocycles. The molecule has 1 aromatic carbocycles. The Labute approximate surface area is 105 Å². The Morgan fingerprint density at radius 3 is 2.56 bits per heavy atom. The number of nitrogens with one attached hydrogen (secondary N) is 2. The van der Waals surface area contributed by atoms with Crippen LogP contribution in [0.15, 0.2) is 52.3 Å². The van der Waals surface area contributed by atoms with Gasteiger partial charge in [-0.3, -0.25) is 9.52 Å². The number of H-pyrrole nitrogens is 1. The van der Waals surface area contributed by atoms with Gasteiger partial charge in [0.05, 0.1) is 0 Å². The molecular weight excluding hydrogens is 252 g/mol. The Kier molecular flexibility index (Phi) is 3.20. The zero-order chi connectivity index (χ0) is 13.2. The van der Waals surface area contributed by atoms with Gasteiger partial charge in [-0.2, -0.15) is 0 Å². The average Bonchev–Trinajstić information content (AvgIpc) is 2.29. The van der Waals surface area contributed by atoms with Gasteiger partial charge in [0.25, 0.3) is 10.0 Å². The minimum Gasteiger partial charge on any atom is -0.328 e. The second kappa shape index (κ2) is 4.66. The Balaban J connectivity index is 2.33. The molecular formula is C12H12N2O3S. The fourth-order valence-corrected chi connectivity index (χ4v) is 2.50. The number of anilines is 1. The maximum atomic E-state index is 12.0. The van der Waals surface area contributed by atoms with Crippen LogP contribution in [0.3, 0.4) is 0 Å². The van der Waals surface area contributed by atoms with E-state index in [1.165, 1.54) is 18.3 Å². The molecule has 0 unspecified atom stereocenters. The van der Waals surface area contributed by atoms with Gasteiger partial charge < -0.3 is 4.98 Å². The van der Waals surface area contributed by atoms with Crippen LogP contribution < -0.4 is 10.3 Å². The summed E-state index contributed by atoms with van der Waals surface area (Å²) in [5.74, 6) is 0. The van der Waals surface area contributed by atoms with E-state index in [0.29, 0.717) is 5.69 Å². The van der Waals surface area contributed by atoms with E-state index in [1.807, 2.05) is 13.0 Å². The molecule has 0 bridgehead atoms. The van der Waals surface area contributed by atoms with Crippen molar-refractivity contribution in [3.63, 3.8) is 0 Å². The van der Waals surface area contributed by atoms with Crippen LogP contribution in [-0.2, 0) is 10.0 Å². The largest absolute Gasteiger partial charge is 0.328 e. The highest BCUT2D eigenvalue weighted by molar-refractivity contribution is 7.92. The van der Waals surface area contributed by atoms with Crippen LogP contribution in [0.4, 0.5) is 5.69 Å². The molecule has 0 fully saturated rings. The quantitative estimate of drug-likeness (QED) is 0.881. The van der Waals surface area contributed by atoms with Crippen molar-refractivity contribution in [2.75, 3.05) is 4.72 Å². The summed E-state index contributed by atoms with van der Waals surface area (Å²) in [7, 11) is -3.67. The Bertz CT molecular complexity index is 700. The topological polar surface area (TPSA) is 79.0 Å². The number of hydrogen-bond donors (Lipinski definition) is 2. The monoisotopic (exact) mass is 264 g/mol. The summed E-state index contributed by atoms with van der Waals surface area (Å²) in [4.78, 5) is 13.2. The maximum absolute atomic E-state index is 12.0. The molecule has 0 aliphatic carbocycles. The second-order valence-electron chi connectivity index (χ2n) is 3.86. The lowest BCUT2D eigenvalue weighted by molar-refractivity contribution is 0.600. The molecule has 6 heteroatoms. The Morgan fingerprint density at radius 1 is 1.17 bits per heavy atom. The molecule has 18 heavy (non-hydrogen) atoms. The minimum absolute atomic E-state index is 0.0172. The Hall–Kier alpha value is -2.08. The zero-order valence-electron chi connectivity index (χ0n) is 9.67. The number of aromatic amines is 1. The number of rotatable bonds is 3. The van der Waals surface area contributed by atoms with Crippen molar-refractivity contribution in [3.05, 3.63) is 58.5 Å². The molecule has 1 aromatic heterocycles. The summed E-state index contributed by atoms with van der Waals surface area (Å²) in [6.45, 7) is 1.87. The number of sulfonamides is 1. The average molecular weight is 264 g/mol. The summed E-state index contributed by atoms with van der Waals surface area (Å²) in [5, 5.41) is 0. The first-order valence-corrected chi connectivity index (χ1v) is 6.74. The van der Waals surface area contributed by atoms with E-state index in [9.17, 15) is 13.2 Å². The van der Waals surface area contributed by atoms with Gasteiger partial charge in [0.1, 0.15) is 4.90 Å². The van der Waals surface area contributed by atoms with Crippen LogP contribution >= 0.6 is 0 Å². The molecule has 0 atom stereocenters. The maximum Gasteiger partial charge on any atom is 0.263 e. The third-order valence-corrected chi connectivity index (χ3v) is 3.72. The fraction of sp³-hybridized carbons (Fsp3) is 0.0833. The van der Waals surface area contributed by atoms with Gasteiger partial charge >= 0.3 is 0 Å². The Morgan fingerprint density at radius 2 is 1.94 bits per heavy atom.